The number of imide groups is 1. The second-order valence-corrected chi connectivity index (χ2v) is 11.7. The molecule has 2 aromatic heterocycles. The Bertz CT molecular complexity index is 2710. The summed E-state index contributed by atoms with van der Waals surface area (Å²) in [6, 6.07) is 33.4. The molecule has 0 atom stereocenters. The predicted octanol–water partition coefficient (Wildman–Crippen LogP) is 7.33. The van der Waals surface area contributed by atoms with Gasteiger partial charge >= 0.3 is 0 Å². The first-order chi connectivity index (χ1) is 21.6. The fraction of sp³-hybridized carbons (Fsp3) is 0.0526. The third-order valence-corrected chi connectivity index (χ3v) is 9.55. The Morgan fingerprint density at radius 3 is 1.77 bits per heavy atom. The van der Waals surface area contributed by atoms with E-state index in [9.17, 15) is 14.4 Å². The number of amides is 2. The molecule has 0 N–H and O–H groups in total. The van der Waals surface area contributed by atoms with Gasteiger partial charge in [-0.3, -0.25) is 23.7 Å². The molecule has 6 heteroatoms. The van der Waals surface area contributed by atoms with E-state index in [-0.39, 0.29) is 17.4 Å². The summed E-state index contributed by atoms with van der Waals surface area (Å²) in [5, 5.41) is 8.97. The summed E-state index contributed by atoms with van der Waals surface area (Å²) in [6.45, 7) is 0.318. The standard InChI is InChI=1S/C38H21N3O3/c42-36-26-15-11-23-21-10-14-25-33-28(38(44)41-30-9-5-4-8-29(30)39-35(25)41)17-13-22(31(21)33)24-12-16-27(34(26)32(23)24)37(43)40(36)19-18-20-6-2-1-3-7-20/h1-17H,18-19H2. The molecule has 44 heavy (non-hydrogen) atoms. The molecule has 7 aromatic carbocycles. The van der Waals surface area contributed by atoms with E-state index in [1.165, 1.54) is 4.90 Å². The molecule has 0 unspecified atom stereocenters. The van der Waals surface area contributed by atoms with E-state index in [2.05, 4.69) is 12.1 Å². The summed E-state index contributed by atoms with van der Waals surface area (Å²) in [5.74, 6) is -0.523. The molecule has 3 heterocycles. The van der Waals surface area contributed by atoms with Crippen LogP contribution in [0.25, 0.3) is 70.5 Å². The van der Waals surface area contributed by atoms with Crippen molar-refractivity contribution >= 4 is 82.4 Å². The topological polar surface area (TPSA) is 71.7 Å². The summed E-state index contributed by atoms with van der Waals surface area (Å²) in [6.07, 6.45) is 0.597. The number of para-hydroxylation sites is 2. The zero-order chi connectivity index (χ0) is 29.3. The highest BCUT2D eigenvalue weighted by Gasteiger charge is 2.34. The number of benzene rings is 7. The zero-order valence-corrected chi connectivity index (χ0v) is 23.3. The second kappa shape index (κ2) is 8.14. The van der Waals surface area contributed by atoms with Crippen LogP contribution in [0.5, 0.6) is 0 Å². The van der Waals surface area contributed by atoms with E-state index in [4.69, 9.17) is 4.98 Å². The van der Waals surface area contributed by atoms with E-state index in [1.807, 2.05) is 91.0 Å². The lowest BCUT2D eigenvalue weighted by atomic mass is 9.84. The quantitative estimate of drug-likeness (QED) is 0.127. The molecule has 9 aromatic rings. The SMILES string of the molecule is O=C1c2ccc3c4ccc5c(=O)n6c7ccccc7nc6c6ccc(c7ccc(c2c37)C(=O)N1CCc1ccccc1)c4c56. The Balaban J connectivity index is 1.26. The summed E-state index contributed by atoms with van der Waals surface area (Å²) in [4.78, 5) is 47.9. The Hall–Kier alpha value is -5.88. The first-order valence-electron chi connectivity index (χ1n) is 14.7. The average Bonchev–Trinajstić information content (AvgIpc) is 3.46. The molecule has 0 saturated carbocycles. The Kier molecular flexibility index (Phi) is 4.38. The number of carbonyl (C=O) groups is 2. The van der Waals surface area contributed by atoms with Gasteiger partial charge in [-0.15, -0.1) is 0 Å². The molecule has 1 aliphatic heterocycles. The van der Waals surface area contributed by atoms with Gasteiger partial charge in [0.25, 0.3) is 17.4 Å². The van der Waals surface area contributed by atoms with E-state index in [0.29, 0.717) is 40.5 Å². The Labute approximate surface area is 249 Å². The number of hydrogen-bond acceptors (Lipinski definition) is 4. The molecule has 0 spiro atoms. The van der Waals surface area contributed by atoms with Crippen LogP contribution >= 0.6 is 0 Å². The summed E-state index contributed by atoms with van der Waals surface area (Å²) < 4.78 is 1.72. The van der Waals surface area contributed by atoms with Crippen molar-refractivity contribution in [1.29, 1.82) is 0 Å². The number of carbonyl (C=O) groups excluding carboxylic acids is 2. The lowest BCUT2D eigenvalue weighted by Crippen LogP contribution is -2.41. The van der Waals surface area contributed by atoms with Crippen molar-refractivity contribution in [2.45, 2.75) is 6.42 Å². The van der Waals surface area contributed by atoms with Crippen molar-refractivity contribution < 1.29 is 9.59 Å². The number of nitrogens with zero attached hydrogens (tertiary/aromatic N) is 3. The molecular formula is C38H21N3O3. The maximum absolute atomic E-state index is 14.0. The number of aromatic nitrogens is 2. The second-order valence-electron chi connectivity index (χ2n) is 11.7. The van der Waals surface area contributed by atoms with Crippen LogP contribution in [0.2, 0.25) is 0 Å². The van der Waals surface area contributed by atoms with Crippen LogP contribution in [0, 0.1) is 0 Å². The van der Waals surface area contributed by atoms with Gasteiger partial charge in [0.2, 0.25) is 0 Å². The average molecular weight is 568 g/mol. The predicted molar refractivity (Wildman–Crippen MR) is 174 cm³/mol. The highest BCUT2D eigenvalue weighted by molar-refractivity contribution is 6.41. The zero-order valence-electron chi connectivity index (χ0n) is 23.3. The van der Waals surface area contributed by atoms with Gasteiger partial charge in [-0.05, 0) is 80.7 Å². The minimum absolute atomic E-state index is 0.0901. The highest BCUT2D eigenvalue weighted by Crippen LogP contribution is 2.46. The van der Waals surface area contributed by atoms with E-state index in [0.717, 1.165) is 59.7 Å². The van der Waals surface area contributed by atoms with Crippen LogP contribution in [0.3, 0.4) is 0 Å². The van der Waals surface area contributed by atoms with Gasteiger partial charge in [0.15, 0.2) is 0 Å². The minimum atomic E-state index is -0.261. The summed E-state index contributed by atoms with van der Waals surface area (Å²) in [5.41, 5.74) is 4.31. The van der Waals surface area contributed by atoms with Crippen molar-refractivity contribution in [2.75, 3.05) is 6.54 Å². The normalized spacial score (nSPS) is 13.8. The molecule has 0 bridgehead atoms. The van der Waals surface area contributed by atoms with Crippen molar-refractivity contribution in [3.63, 3.8) is 0 Å². The van der Waals surface area contributed by atoms with Crippen LogP contribution in [-0.2, 0) is 6.42 Å². The monoisotopic (exact) mass is 567 g/mol. The van der Waals surface area contributed by atoms with Crippen LogP contribution in [0.4, 0.5) is 0 Å². The van der Waals surface area contributed by atoms with Crippen molar-refractivity contribution in [1.82, 2.24) is 14.3 Å². The highest BCUT2D eigenvalue weighted by atomic mass is 16.2. The molecule has 0 saturated heterocycles. The van der Waals surface area contributed by atoms with Crippen LogP contribution in [0.15, 0.2) is 108 Å². The largest absolute Gasteiger partial charge is 0.274 e. The van der Waals surface area contributed by atoms with Crippen molar-refractivity contribution in [3.8, 4) is 0 Å². The fourth-order valence-electron chi connectivity index (χ4n) is 7.61. The molecule has 10 rings (SSSR count). The number of rotatable bonds is 3. The molecule has 6 nitrogen and oxygen atoms in total. The fourth-order valence-corrected chi connectivity index (χ4v) is 7.61. The minimum Gasteiger partial charge on any atom is -0.274 e. The van der Waals surface area contributed by atoms with Gasteiger partial charge in [0.1, 0.15) is 5.65 Å². The van der Waals surface area contributed by atoms with Gasteiger partial charge in [-0.25, -0.2) is 4.98 Å². The Morgan fingerprint density at radius 2 is 1.07 bits per heavy atom. The lowest BCUT2D eigenvalue weighted by molar-refractivity contribution is 0.0612. The van der Waals surface area contributed by atoms with Crippen molar-refractivity contribution in [3.05, 3.63) is 130 Å². The third kappa shape index (κ3) is 2.80. The molecule has 0 aliphatic carbocycles. The van der Waals surface area contributed by atoms with E-state index < -0.39 is 0 Å². The summed E-state index contributed by atoms with van der Waals surface area (Å²) in [7, 11) is 0. The smallest absolute Gasteiger partial charge is 0.264 e. The van der Waals surface area contributed by atoms with Gasteiger partial charge in [0, 0.05) is 39.2 Å². The lowest BCUT2D eigenvalue weighted by Gasteiger charge is -2.28. The van der Waals surface area contributed by atoms with Gasteiger partial charge in [0.05, 0.1) is 11.0 Å². The van der Waals surface area contributed by atoms with E-state index >= 15 is 0 Å². The maximum atomic E-state index is 14.0. The van der Waals surface area contributed by atoms with Crippen LogP contribution in [0.1, 0.15) is 26.3 Å². The number of imidazole rings is 1. The number of fused-ring (bicyclic) bond motifs is 6. The Morgan fingerprint density at radius 1 is 0.523 bits per heavy atom. The number of hydrogen-bond donors (Lipinski definition) is 0. The first-order valence-corrected chi connectivity index (χ1v) is 14.7. The van der Waals surface area contributed by atoms with E-state index in [1.54, 1.807) is 4.40 Å². The third-order valence-electron chi connectivity index (χ3n) is 9.55. The summed E-state index contributed by atoms with van der Waals surface area (Å²) >= 11 is 0. The molecular weight excluding hydrogens is 546 g/mol. The molecule has 2 amide bonds. The first kappa shape index (κ1) is 23.7. The molecule has 0 fully saturated rings. The van der Waals surface area contributed by atoms with Gasteiger partial charge < -0.3 is 0 Å². The van der Waals surface area contributed by atoms with Crippen LogP contribution in [-0.4, -0.2) is 32.6 Å². The molecule has 1 aliphatic rings. The molecule has 0 radical (unpaired) electrons. The van der Waals surface area contributed by atoms with Crippen molar-refractivity contribution in [2.24, 2.45) is 0 Å². The van der Waals surface area contributed by atoms with Crippen LogP contribution < -0.4 is 5.56 Å². The van der Waals surface area contributed by atoms with Gasteiger partial charge in [-0.2, -0.15) is 0 Å². The maximum Gasteiger partial charge on any atom is 0.264 e. The number of pyridine rings is 1. The van der Waals surface area contributed by atoms with Gasteiger partial charge in [-0.1, -0.05) is 66.7 Å². The molecule has 206 valence electrons.